The van der Waals surface area contributed by atoms with Gasteiger partial charge in [-0.2, -0.15) is 16.9 Å². The van der Waals surface area contributed by atoms with Crippen LogP contribution in [-0.2, 0) is 4.74 Å². The fourth-order valence-corrected chi connectivity index (χ4v) is 4.71. The number of aromatic amines is 1. The van der Waals surface area contributed by atoms with Crippen molar-refractivity contribution < 1.29 is 4.74 Å². The van der Waals surface area contributed by atoms with Crippen molar-refractivity contribution in [2.75, 3.05) is 23.8 Å². The second kappa shape index (κ2) is 5.93. The third kappa shape index (κ3) is 2.67. The van der Waals surface area contributed by atoms with E-state index >= 15 is 0 Å². The van der Waals surface area contributed by atoms with E-state index in [9.17, 15) is 0 Å². The van der Waals surface area contributed by atoms with E-state index in [4.69, 9.17) is 16.3 Å². The summed E-state index contributed by atoms with van der Waals surface area (Å²) in [5, 5.41) is 6.80. The lowest BCUT2D eigenvalue weighted by Crippen LogP contribution is -2.46. The molecule has 3 rings (SSSR count). The van der Waals surface area contributed by atoms with Crippen molar-refractivity contribution in [3.63, 3.8) is 0 Å². The Morgan fingerprint density at radius 3 is 2.95 bits per heavy atom. The van der Waals surface area contributed by atoms with Crippen molar-refractivity contribution in [2.45, 2.75) is 37.3 Å². The number of rotatable bonds is 3. The second-order valence-corrected chi connectivity index (χ2v) is 7.00. The predicted octanol–water partition coefficient (Wildman–Crippen LogP) is 1.19. The van der Waals surface area contributed by atoms with E-state index in [-0.39, 0.29) is 11.6 Å². The average Bonchev–Trinajstić information content (AvgIpc) is 2.87. The van der Waals surface area contributed by atoms with E-state index < -0.39 is 0 Å². The van der Waals surface area contributed by atoms with Crippen molar-refractivity contribution in [3.05, 3.63) is 11.8 Å². The molecule has 20 heavy (non-hydrogen) atoms. The van der Waals surface area contributed by atoms with E-state index in [1.807, 2.05) is 11.8 Å². The van der Waals surface area contributed by atoms with Crippen LogP contribution >= 0.6 is 11.8 Å². The summed E-state index contributed by atoms with van der Waals surface area (Å²) in [6.07, 6.45) is 6.12. The topological polar surface area (TPSA) is 102 Å². The summed E-state index contributed by atoms with van der Waals surface area (Å²) in [6.45, 7) is 0.811. The monoisotopic (exact) mass is 297 g/mol. The third-order valence-electron chi connectivity index (χ3n) is 4.62. The number of nitrogens with one attached hydrogen (secondary N) is 2. The number of thioether (sulfide) groups is 1. The Bertz CT molecular complexity index is 440. The zero-order valence-corrected chi connectivity index (χ0v) is 12.4. The maximum Gasteiger partial charge on any atom is 0.123 e. The summed E-state index contributed by atoms with van der Waals surface area (Å²) >= 11 is 2.02. The highest BCUT2D eigenvalue weighted by Gasteiger charge is 2.41. The first-order chi connectivity index (χ1) is 9.74. The van der Waals surface area contributed by atoms with E-state index in [2.05, 4.69) is 15.6 Å². The van der Waals surface area contributed by atoms with Crippen LogP contribution in [0.2, 0.25) is 0 Å². The van der Waals surface area contributed by atoms with Crippen LogP contribution in [0.25, 0.3) is 0 Å². The molecule has 0 bridgehead atoms. The summed E-state index contributed by atoms with van der Waals surface area (Å²) in [5.41, 5.74) is 9.91. The molecule has 2 unspecified atom stereocenters. The number of nitrogens with zero attached hydrogens (tertiary/aromatic N) is 1. The van der Waals surface area contributed by atoms with Crippen LogP contribution in [0.15, 0.2) is 6.20 Å². The van der Waals surface area contributed by atoms with E-state index in [0.717, 1.165) is 37.9 Å². The molecular weight excluding hydrogens is 274 g/mol. The molecule has 2 aliphatic heterocycles. The van der Waals surface area contributed by atoms with Gasteiger partial charge in [-0.1, -0.05) is 0 Å². The Kier molecular flexibility index (Phi) is 4.21. The first-order valence-electron chi connectivity index (χ1n) is 7.21. The number of ether oxygens (including phenoxy) is 1. The summed E-state index contributed by atoms with van der Waals surface area (Å²) < 4.78 is 6.14. The fourth-order valence-electron chi connectivity index (χ4n) is 3.48. The zero-order chi connectivity index (χ0) is 14.0. The maximum absolute atomic E-state index is 6.14. The molecule has 2 aliphatic rings. The quantitative estimate of drug-likeness (QED) is 0.494. The largest absolute Gasteiger partial charge is 0.384 e. The van der Waals surface area contributed by atoms with Crippen LogP contribution in [0.3, 0.4) is 0 Å². The Hall–Kier alpha value is -0.760. The molecule has 0 aromatic carbocycles. The molecular formula is C13H23N5OS. The van der Waals surface area contributed by atoms with Gasteiger partial charge in [-0.15, -0.1) is 0 Å². The van der Waals surface area contributed by atoms with Crippen molar-refractivity contribution in [1.29, 1.82) is 0 Å². The lowest BCUT2D eigenvalue weighted by molar-refractivity contribution is -0.107. The summed E-state index contributed by atoms with van der Waals surface area (Å²) in [6, 6.07) is 0.0455. The fraction of sp³-hybridized carbons (Fsp3) is 0.769. The Morgan fingerprint density at radius 1 is 1.50 bits per heavy atom. The first kappa shape index (κ1) is 14.2. The van der Waals surface area contributed by atoms with Gasteiger partial charge >= 0.3 is 0 Å². The lowest BCUT2D eigenvalue weighted by Gasteiger charge is -2.45. The molecule has 0 amide bonds. The molecule has 6 N–H and O–H groups in total. The zero-order valence-electron chi connectivity index (χ0n) is 11.6. The van der Waals surface area contributed by atoms with Crippen molar-refractivity contribution >= 4 is 17.6 Å². The molecule has 2 fully saturated rings. The highest BCUT2D eigenvalue weighted by molar-refractivity contribution is 7.99. The van der Waals surface area contributed by atoms with Gasteiger partial charge in [-0.25, -0.2) is 0 Å². The average molecular weight is 297 g/mol. The predicted molar refractivity (Wildman–Crippen MR) is 81.0 cm³/mol. The van der Waals surface area contributed by atoms with Crippen LogP contribution < -0.4 is 17.0 Å². The molecule has 0 saturated carbocycles. The molecule has 0 aliphatic carbocycles. The molecule has 7 heteroatoms. The van der Waals surface area contributed by atoms with Crippen molar-refractivity contribution in [3.8, 4) is 0 Å². The summed E-state index contributed by atoms with van der Waals surface area (Å²) in [7, 11) is 0. The van der Waals surface area contributed by atoms with Gasteiger partial charge in [0.05, 0.1) is 17.8 Å². The van der Waals surface area contributed by atoms with E-state index in [0.29, 0.717) is 11.7 Å². The molecule has 2 saturated heterocycles. The van der Waals surface area contributed by atoms with Gasteiger partial charge in [0.15, 0.2) is 0 Å². The number of anilines is 1. The Balaban J connectivity index is 1.76. The number of hydrazine groups is 1. The van der Waals surface area contributed by atoms with Gasteiger partial charge in [-0.05, 0) is 43.1 Å². The summed E-state index contributed by atoms with van der Waals surface area (Å²) in [5.74, 6) is 9.23. The van der Waals surface area contributed by atoms with Gasteiger partial charge in [0.1, 0.15) is 5.82 Å². The van der Waals surface area contributed by atoms with Gasteiger partial charge < -0.3 is 10.5 Å². The van der Waals surface area contributed by atoms with Gasteiger partial charge in [0.2, 0.25) is 0 Å². The van der Waals surface area contributed by atoms with Gasteiger partial charge in [0, 0.05) is 12.2 Å². The van der Waals surface area contributed by atoms with Crippen LogP contribution in [0.1, 0.15) is 37.3 Å². The molecule has 0 radical (unpaired) electrons. The van der Waals surface area contributed by atoms with Gasteiger partial charge in [-0.3, -0.25) is 16.4 Å². The molecule has 1 spiro atoms. The van der Waals surface area contributed by atoms with Crippen LogP contribution in [0.4, 0.5) is 5.82 Å². The Morgan fingerprint density at radius 2 is 2.30 bits per heavy atom. The highest BCUT2D eigenvalue weighted by atomic mass is 32.2. The normalized spacial score (nSPS) is 27.6. The minimum Gasteiger partial charge on any atom is -0.384 e. The third-order valence-corrected chi connectivity index (χ3v) is 5.61. The molecule has 6 nitrogen and oxygen atoms in total. The standard InChI is InChI=1S/C13H23N5OS/c14-12-10(8-16-18-12)11(17-15)9-1-4-19-13(7-9)2-5-20-6-3-13/h8-9,11,17H,1-7,15H2,(H3,14,16,18). The second-order valence-electron chi connectivity index (χ2n) is 5.78. The summed E-state index contributed by atoms with van der Waals surface area (Å²) in [4.78, 5) is 0. The molecule has 1 aromatic rings. The number of H-pyrrole nitrogens is 1. The van der Waals surface area contributed by atoms with Crippen LogP contribution in [0, 0.1) is 5.92 Å². The van der Waals surface area contributed by atoms with Crippen LogP contribution in [-0.4, -0.2) is 33.9 Å². The maximum atomic E-state index is 6.14. The van der Waals surface area contributed by atoms with E-state index in [1.165, 1.54) is 11.5 Å². The molecule has 2 atom stereocenters. The van der Waals surface area contributed by atoms with Crippen LogP contribution in [0.5, 0.6) is 0 Å². The minimum atomic E-state index is 0.0455. The molecule has 3 heterocycles. The SMILES string of the molecule is NNC(c1cn[nH]c1N)C1CCOC2(CCSCC2)C1. The first-order valence-corrected chi connectivity index (χ1v) is 8.36. The number of nitrogens with two attached hydrogens (primary N) is 2. The smallest absolute Gasteiger partial charge is 0.123 e. The number of hydrogen-bond acceptors (Lipinski definition) is 6. The highest BCUT2D eigenvalue weighted by Crippen LogP contribution is 2.43. The minimum absolute atomic E-state index is 0.0455. The van der Waals surface area contributed by atoms with Gasteiger partial charge in [0.25, 0.3) is 0 Å². The number of hydrogen-bond donors (Lipinski definition) is 4. The molecule has 1 aromatic heterocycles. The van der Waals surface area contributed by atoms with Crippen molar-refractivity contribution in [1.82, 2.24) is 15.6 Å². The number of aromatic nitrogens is 2. The molecule has 112 valence electrons. The van der Waals surface area contributed by atoms with Crippen molar-refractivity contribution in [2.24, 2.45) is 11.8 Å². The number of nitrogen functional groups attached to an aromatic ring is 1. The lowest BCUT2D eigenvalue weighted by atomic mass is 9.77. The Labute approximate surface area is 123 Å². The van der Waals surface area contributed by atoms with E-state index in [1.54, 1.807) is 6.20 Å².